The monoisotopic (exact) mass is 454 g/mol. The molecule has 0 spiro atoms. The summed E-state index contributed by atoms with van der Waals surface area (Å²) in [7, 11) is 0. The van der Waals surface area contributed by atoms with Gasteiger partial charge < -0.3 is 0 Å². The van der Waals surface area contributed by atoms with Gasteiger partial charge in [-0.2, -0.15) is 5.10 Å². The predicted molar refractivity (Wildman–Crippen MR) is 132 cm³/mol. The quantitative estimate of drug-likeness (QED) is 0.331. The third-order valence-corrected chi connectivity index (χ3v) is 6.55. The van der Waals surface area contributed by atoms with Gasteiger partial charge in [0.25, 0.3) is 11.5 Å². The van der Waals surface area contributed by atoms with Crippen molar-refractivity contribution < 1.29 is 4.79 Å². The molecule has 0 aliphatic carbocycles. The van der Waals surface area contributed by atoms with Gasteiger partial charge in [-0.05, 0) is 36.2 Å². The molecule has 0 saturated heterocycles. The van der Waals surface area contributed by atoms with Gasteiger partial charge in [-0.1, -0.05) is 72.4 Å². The lowest BCUT2D eigenvalue weighted by Crippen LogP contribution is -2.26. The van der Waals surface area contributed by atoms with Crippen LogP contribution in [0.3, 0.4) is 0 Å². The van der Waals surface area contributed by atoms with Crippen LogP contribution < -0.4 is 5.56 Å². The van der Waals surface area contributed by atoms with E-state index >= 15 is 0 Å². The number of para-hydroxylation sites is 2. The lowest BCUT2D eigenvalue weighted by molar-refractivity contribution is -0.127. The molecule has 2 heterocycles. The Bertz CT molecular complexity index is 1430. The van der Waals surface area contributed by atoms with Gasteiger partial charge in [0, 0.05) is 6.42 Å². The molecule has 0 fully saturated rings. The normalized spacial score (nSPS) is 13.4. The number of rotatable bonds is 5. The molecule has 1 aromatic heterocycles. The Morgan fingerprint density at radius 2 is 1.70 bits per heavy atom. The van der Waals surface area contributed by atoms with Gasteiger partial charge in [-0.3, -0.25) is 14.2 Å². The summed E-state index contributed by atoms with van der Waals surface area (Å²) >= 11 is 1.26. The number of carbonyl (C=O) groups excluding carboxylic acids is 1. The van der Waals surface area contributed by atoms with Crippen LogP contribution in [0.2, 0.25) is 0 Å². The lowest BCUT2D eigenvalue weighted by atomic mass is 10.1. The minimum absolute atomic E-state index is 0.107. The van der Waals surface area contributed by atoms with Crippen LogP contribution in [0.25, 0.3) is 16.6 Å². The molecule has 5 rings (SSSR count). The molecular formula is C26H22N4O2S. The molecule has 0 unspecified atom stereocenters. The number of hydrogen-bond donors (Lipinski definition) is 0. The minimum Gasteiger partial charge on any atom is -0.272 e. The third-order valence-electron chi connectivity index (χ3n) is 5.62. The number of thioether (sulfide) groups is 1. The van der Waals surface area contributed by atoms with Gasteiger partial charge in [-0.25, -0.2) is 9.99 Å². The van der Waals surface area contributed by atoms with E-state index in [1.807, 2.05) is 79.7 Å². The molecular weight excluding hydrogens is 432 g/mol. The van der Waals surface area contributed by atoms with E-state index in [1.54, 1.807) is 10.6 Å². The van der Waals surface area contributed by atoms with Crippen LogP contribution in [0, 0.1) is 6.92 Å². The Balaban J connectivity index is 1.45. The van der Waals surface area contributed by atoms with Crippen molar-refractivity contribution in [1.82, 2.24) is 14.6 Å². The van der Waals surface area contributed by atoms with Crippen LogP contribution in [-0.2, 0) is 4.79 Å². The molecule has 33 heavy (non-hydrogen) atoms. The number of nitrogens with zero attached hydrogens (tertiary/aromatic N) is 4. The molecule has 7 heteroatoms. The number of aromatic nitrogens is 2. The summed E-state index contributed by atoms with van der Waals surface area (Å²) in [4.78, 5) is 31.1. The Morgan fingerprint density at radius 3 is 2.52 bits per heavy atom. The van der Waals surface area contributed by atoms with Gasteiger partial charge in [0.15, 0.2) is 5.16 Å². The average Bonchev–Trinajstić information content (AvgIpc) is 3.35. The van der Waals surface area contributed by atoms with Crippen LogP contribution in [-0.4, -0.2) is 38.5 Å². The van der Waals surface area contributed by atoms with Crippen LogP contribution in [0.4, 0.5) is 0 Å². The van der Waals surface area contributed by atoms with Crippen LogP contribution in [0.15, 0.2) is 93.9 Å². The molecule has 164 valence electrons. The molecule has 0 atom stereocenters. The van der Waals surface area contributed by atoms with Crippen LogP contribution in [0.1, 0.15) is 17.5 Å². The smallest absolute Gasteiger partial charge is 0.266 e. The van der Waals surface area contributed by atoms with Gasteiger partial charge in [0.1, 0.15) is 0 Å². The molecule has 0 bridgehead atoms. The average molecular weight is 455 g/mol. The van der Waals surface area contributed by atoms with Crippen molar-refractivity contribution in [1.29, 1.82) is 0 Å². The van der Waals surface area contributed by atoms with Crippen molar-refractivity contribution in [3.8, 4) is 5.69 Å². The minimum atomic E-state index is -0.143. The van der Waals surface area contributed by atoms with Gasteiger partial charge in [-0.15, -0.1) is 0 Å². The van der Waals surface area contributed by atoms with Gasteiger partial charge in [0.05, 0.1) is 34.6 Å². The summed E-state index contributed by atoms with van der Waals surface area (Å²) in [5, 5.41) is 7.09. The SMILES string of the molecule is Cc1ccccc1-n1c(SCC(=O)N2CCC(c3ccccc3)=N2)nc2ccccc2c1=O. The zero-order valence-electron chi connectivity index (χ0n) is 18.1. The Kier molecular flexibility index (Phi) is 5.79. The van der Waals surface area contributed by atoms with Crippen LogP contribution >= 0.6 is 11.8 Å². The van der Waals surface area contributed by atoms with Crippen molar-refractivity contribution in [2.24, 2.45) is 5.10 Å². The topological polar surface area (TPSA) is 67.6 Å². The number of fused-ring (bicyclic) bond motifs is 1. The third kappa shape index (κ3) is 4.19. The molecule has 4 aromatic rings. The summed E-state index contributed by atoms with van der Waals surface area (Å²) in [6.45, 7) is 2.51. The van der Waals surface area contributed by atoms with Gasteiger partial charge in [0.2, 0.25) is 0 Å². The zero-order chi connectivity index (χ0) is 22.8. The zero-order valence-corrected chi connectivity index (χ0v) is 19.0. The standard InChI is InChI=1S/C26H22N4O2S/c1-18-9-5-8-14-23(18)30-25(32)20-12-6-7-13-22(20)27-26(30)33-17-24(31)29-16-15-21(28-29)19-10-3-2-4-11-19/h2-14H,15-17H2,1H3. The molecule has 6 nitrogen and oxygen atoms in total. The van der Waals surface area contributed by atoms with E-state index in [9.17, 15) is 9.59 Å². The highest BCUT2D eigenvalue weighted by atomic mass is 32.2. The lowest BCUT2D eigenvalue weighted by Gasteiger charge is -2.16. The molecule has 1 aliphatic rings. The predicted octanol–water partition coefficient (Wildman–Crippen LogP) is 4.42. The van der Waals surface area contributed by atoms with Crippen molar-refractivity contribution in [3.05, 3.63) is 100 Å². The molecule has 3 aromatic carbocycles. The molecule has 0 saturated carbocycles. The molecule has 0 radical (unpaired) electrons. The van der Waals surface area contributed by atoms with E-state index in [1.165, 1.54) is 16.8 Å². The fourth-order valence-corrected chi connectivity index (χ4v) is 4.78. The summed E-state index contributed by atoms with van der Waals surface area (Å²) < 4.78 is 1.61. The fraction of sp³-hybridized carbons (Fsp3) is 0.154. The second-order valence-corrected chi connectivity index (χ2v) is 8.75. The highest BCUT2D eigenvalue weighted by Gasteiger charge is 2.23. The summed E-state index contributed by atoms with van der Waals surface area (Å²) in [5.74, 6) is 0.0343. The number of amides is 1. The van der Waals surface area contributed by atoms with E-state index in [0.29, 0.717) is 22.6 Å². The van der Waals surface area contributed by atoms with E-state index in [-0.39, 0.29) is 17.2 Å². The summed E-state index contributed by atoms with van der Waals surface area (Å²) in [5.41, 5.74) is 4.14. The van der Waals surface area contributed by atoms with E-state index in [0.717, 1.165) is 28.9 Å². The molecule has 1 amide bonds. The first-order chi connectivity index (χ1) is 16.1. The second-order valence-electron chi connectivity index (χ2n) is 7.81. The number of hydrogen-bond acceptors (Lipinski definition) is 5. The maximum Gasteiger partial charge on any atom is 0.266 e. The number of aryl methyl sites for hydroxylation is 1. The highest BCUT2D eigenvalue weighted by molar-refractivity contribution is 7.99. The van der Waals surface area contributed by atoms with Crippen molar-refractivity contribution in [2.75, 3.05) is 12.3 Å². The molecule has 1 aliphatic heterocycles. The van der Waals surface area contributed by atoms with Crippen LogP contribution in [0.5, 0.6) is 0 Å². The first-order valence-electron chi connectivity index (χ1n) is 10.8. The first kappa shape index (κ1) is 21.2. The van der Waals surface area contributed by atoms with Gasteiger partial charge >= 0.3 is 0 Å². The van der Waals surface area contributed by atoms with Crippen molar-refractivity contribution in [3.63, 3.8) is 0 Å². The van der Waals surface area contributed by atoms with E-state index < -0.39 is 0 Å². The number of benzene rings is 3. The van der Waals surface area contributed by atoms with E-state index in [2.05, 4.69) is 5.10 Å². The summed E-state index contributed by atoms with van der Waals surface area (Å²) in [6, 6.07) is 24.9. The van der Waals surface area contributed by atoms with Crippen molar-refractivity contribution >= 4 is 34.3 Å². The Morgan fingerprint density at radius 1 is 0.970 bits per heavy atom. The fourth-order valence-electron chi connectivity index (χ4n) is 3.91. The number of carbonyl (C=O) groups is 1. The van der Waals surface area contributed by atoms with Crippen molar-refractivity contribution in [2.45, 2.75) is 18.5 Å². The maximum absolute atomic E-state index is 13.4. The maximum atomic E-state index is 13.4. The highest BCUT2D eigenvalue weighted by Crippen LogP contribution is 2.24. The first-order valence-corrected chi connectivity index (χ1v) is 11.7. The number of hydrazone groups is 1. The Labute approximate surface area is 195 Å². The van der Waals surface area contributed by atoms with E-state index in [4.69, 9.17) is 4.98 Å². The largest absolute Gasteiger partial charge is 0.272 e. The summed E-state index contributed by atoms with van der Waals surface area (Å²) in [6.07, 6.45) is 0.725. The second kappa shape index (κ2) is 9.03. The Hall–Kier alpha value is -3.71. The molecule has 0 N–H and O–H groups in total.